The Morgan fingerprint density at radius 3 is 2.36 bits per heavy atom. The minimum Gasteiger partial charge on any atom is -0.487 e. The second-order valence-corrected chi connectivity index (χ2v) is 6.74. The van der Waals surface area contributed by atoms with Crippen LogP contribution < -0.4 is 4.74 Å². The van der Waals surface area contributed by atoms with E-state index >= 15 is 0 Å². The lowest BCUT2D eigenvalue weighted by molar-refractivity contribution is 0.105. The summed E-state index contributed by atoms with van der Waals surface area (Å²) >= 11 is 0. The van der Waals surface area contributed by atoms with Gasteiger partial charge in [-0.25, -0.2) is 12.8 Å². The molecule has 0 aliphatic carbocycles. The Labute approximate surface area is 126 Å². The summed E-state index contributed by atoms with van der Waals surface area (Å²) < 4.78 is 54.1. The number of aliphatic hydroxyl groups excluding tert-OH is 1. The fourth-order valence-corrected chi connectivity index (χ4v) is 2.43. The number of rotatable bonds is 5. The molecule has 2 rings (SSSR count). The fourth-order valence-electron chi connectivity index (χ4n) is 1.80. The van der Waals surface area contributed by atoms with E-state index in [2.05, 4.69) is 0 Å². The van der Waals surface area contributed by atoms with E-state index in [0.29, 0.717) is 5.56 Å². The van der Waals surface area contributed by atoms with Crippen LogP contribution >= 0.6 is 0 Å². The molecule has 0 aromatic heterocycles. The standard InChI is InChI=1S/C15H14F2O4S/c1-22(19,20)11-7-5-10(6-8-11)13(18)9-21-14-4-2-3-12(16)15(14)17/h2-8,13,18H,9H2,1H3. The molecular weight excluding hydrogens is 314 g/mol. The third-order valence-electron chi connectivity index (χ3n) is 3.01. The summed E-state index contributed by atoms with van der Waals surface area (Å²) in [6.45, 7) is -0.293. The molecule has 4 nitrogen and oxygen atoms in total. The maximum absolute atomic E-state index is 13.4. The van der Waals surface area contributed by atoms with Gasteiger partial charge in [-0.05, 0) is 29.8 Å². The molecule has 1 atom stereocenters. The molecule has 118 valence electrons. The lowest BCUT2D eigenvalue weighted by Gasteiger charge is -2.13. The summed E-state index contributed by atoms with van der Waals surface area (Å²) in [5.74, 6) is -2.46. The summed E-state index contributed by atoms with van der Waals surface area (Å²) in [5, 5.41) is 9.95. The molecule has 0 heterocycles. The molecule has 0 radical (unpaired) electrons. The average molecular weight is 328 g/mol. The number of benzene rings is 2. The smallest absolute Gasteiger partial charge is 0.200 e. The van der Waals surface area contributed by atoms with Gasteiger partial charge in [0, 0.05) is 6.26 Å². The zero-order valence-electron chi connectivity index (χ0n) is 11.7. The highest BCUT2D eigenvalue weighted by molar-refractivity contribution is 7.90. The van der Waals surface area contributed by atoms with Gasteiger partial charge in [0.05, 0.1) is 4.90 Å². The molecule has 22 heavy (non-hydrogen) atoms. The van der Waals surface area contributed by atoms with Crippen LogP contribution in [0, 0.1) is 11.6 Å². The Morgan fingerprint density at radius 1 is 1.14 bits per heavy atom. The Kier molecular flexibility index (Phi) is 4.77. The van der Waals surface area contributed by atoms with Crippen molar-refractivity contribution in [3.63, 3.8) is 0 Å². The van der Waals surface area contributed by atoms with Crippen LogP contribution in [0.15, 0.2) is 47.4 Å². The Bertz CT molecular complexity index is 758. The molecule has 0 aliphatic heterocycles. The van der Waals surface area contributed by atoms with E-state index in [1.54, 1.807) is 0 Å². The van der Waals surface area contributed by atoms with E-state index in [4.69, 9.17) is 4.74 Å². The van der Waals surface area contributed by atoms with Gasteiger partial charge < -0.3 is 9.84 Å². The van der Waals surface area contributed by atoms with Gasteiger partial charge >= 0.3 is 0 Å². The van der Waals surface area contributed by atoms with Gasteiger partial charge in [-0.15, -0.1) is 0 Å². The topological polar surface area (TPSA) is 63.6 Å². The highest BCUT2D eigenvalue weighted by atomic mass is 32.2. The van der Waals surface area contributed by atoms with Crippen molar-refractivity contribution in [1.82, 2.24) is 0 Å². The second kappa shape index (κ2) is 6.41. The number of aliphatic hydroxyl groups is 1. The number of sulfone groups is 1. The first kappa shape index (κ1) is 16.4. The molecule has 0 aliphatic rings. The first-order valence-electron chi connectivity index (χ1n) is 6.34. The van der Waals surface area contributed by atoms with E-state index < -0.39 is 27.6 Å². The Balaban J connectivity index is 2.06. The lowest BCUT2D eigenvalue weighted by Crippen LogP contribution is -2.11. The zero-order chi connectivity index (χ0) is 16.3. The third kappa shape index (κ3) is 3.80. The minimum atomic E-state index is -3.32. The highest BCUT2D eigenvalue weighted by Gasteiger charge is 2.14. The average Bonchev–Trinajstić information content (AvgIpc) is 2.48. The molecule has 2 aromatic carbocycles. The monoisotopic (exact) mass is 328 g/mol. The van der Waals surface area contributed by atoms with Crippen LogP contribution in [-0.2, 0) is 9.84 Å². The fraction of sp³-hybridized carbons (Fsp3) is 0.200. The molecule has 0 bridgehead atoms. The maximum atomic E-state index is 13.4. The van der Waals surface area contributed by atoms with Gasteiger partial charge in [-0.1, -0.05) is 18.2 Å². The molecular formula is C15H14F2O4S. The second-order valence-electron chi connectivity index (χ2n) is 4.72. The zero-order valence-corrected chi connectivity index (χ0v) is 12.5. The van der Waals surface area contributed by atoms with Crippen LogP contribution in [0.4, 0.5) is 8.78 Å². The molecule has 0 amide bonds. The van der Waals surface area contributed by atoms with Crippen molar-refractivity contribution in [3.05, 3.63) is 59.7 Å². The van der Waals surface area contributed by atoms with Gasteiger partial charge in [-0.3, -0.25) is 0 Å². The lowest BCUT2D eigenvalue weighted by atomic mass is 10.1. The van der Waals surface area contributed by atoms with Crippen LogP contribution in [0.2, 0.25) is 0 Å². The van der Waals surface area contributed by atoms with Crippen molar-refractivity contribution in [2.24, 2.45) is 0 Å². The first-order valence-corrected chi connectivity index (χ1v) is 8.23. The number of hydrogen-bond acceptors (Lipinski definition) is 4. The van der Waals surface area contributed by atoms with Crippen LogP contribution in [0.25, 0.3) is 0 Å². The van der Waals surface area contributed by atoms with Crippen molar-refractivity contribution in [1.29, 1.82) is 0 Å². The normalized spacial score (nSPS) is 12.9. The van der Waals surface area contributed by atoms with E-state index in [0.717, 1.165) is 12.3 Å². The van der Waals surface area contributed by atoms with Crippen molar-refractivity contribution in [3.8, 4) is 5.75 Å². The number of ether oxygens (including phenoxy) is 1. The molecule has 0 saturated heterocycles. The molecule has 1 unspecified atom stereocenters. The minimum absolute atomic E-state index is 0.126. The van der Waals surface area contributed by atoms with Crippen LogP contribution in [0.5, 0.6) is 5.75 Å². The molecule has 7 heteroatoms. The summed E-state index contributed by atoms with van der Waals surface area (Å²) in [5.41, 5.74) is 0.407. The van der Waals surface area contributed by atoms with Crippen LogP contribution in [-0.4, -0.2) is 26.4 Å². The highest BCUT2D eigenvalue weighted by Crippen LogP contribution is 2.22. The van der Waals surface area contributed by atoms with E-state index in [1.165, 1.54) is 36.4 Å². The van der Waals surface area contributed by atoms with E-state index in [9.17, 15) is 22.3 Å². The third-order valence-corrected chi connectivity index (χ3v) is 4.13. The molecule has 2 aromatic rings. The maximum Gasteiger partial charge on any atom is 0.200 e. The number of halogens is 2. The molecule has 0 saturated carbocycles. The van der Waals surface area contributed by atoms with Crippen molar-refractivity contribution >= 4 is 9.84 Å². The predicted octanol–water partition coefficient (Wildman–Crippen LogP) is 2.48. The summed E-state index contributed by atoms with van der Waals surface area (Å²) in [6, 6.07) is 9.09. The quantitative estimate of drug-likeness (QED) is 0.916. The predicted molar refractivity (Wildman–Crippen MR) is 76.4 cm³/mol. The van der Waals surface area contributed by atoms with Crippen molar-refractivity contribution < 1.29 is 27.0 Å². The van der Waals surface area contributed by atoms with Gasteiger partial charge in [0.15, 0.2) is 21.4 Å². The van der Waals surface area contributed by atoms with Crippen molar-refractivity contribution in [2.45, 2.75) is 11.0 Å². The van der Waals surface area contributed by atoms with Gasteiger partial charge in [0.2, 0.25) is 5.82 Å². The van der Waals surface area contributed by atoms with Crippen LogP contribution in [0.1, 0.15) is 11.7 Å². The Hall–Kier alpha value is -1.99. The van der Waals surface area contributed by atoms with E-state index in [1.807, 2.05) is 0 Å². The Morgan fingerprint density at radius 2 is 1.77 bits per heavy atom. The molecule has 1 N–H and O–H groups in total. The first-order chi connectivity index (χ1) is 10.3. The summed E-state index contributed by atoms with van der Waals surface area (Å²) in [6.07, 6.45) is -0.0230. The molecule has 0 spiro atoms. The molecule has 0 fully saturated rings. The van der Waals surface area contributed by atoms with Gasteiger partial charge in [0.25, 0.3) is 0 Å². The summed E-state index contributed by atoms with van der Waals surface area (Å²) in [7, 11) is -3.32. The van der Waals surface area contributed by atoms with Crippen molar-refractivity contribution in [2.75, 3.05) is 12.9 Å². The summed E-state index contributed by atoms with van der Waals surface area (Å²) in [4.78, 5) is 0.126. The van der Waals surface area contributed by atoms with Gasteiger partial charge in [0.1, 0.15) is 12.7 Å². The number of hydrogen-bond donors (Lipinski definition) is 1. The van der Waals surface area contributed by atoms with Gasteiger partial charge in [-0.2, -0.15) is 4.39 Å². The SMILES string of the molecule is CS(=O)(=O)c1ccc(C(O)COc2cccc(F)c2F)cc1. The van der Waals surface area contributed by atoms with Crippen LogP contribution in [0.3, 0.4) is 0 Å². The van der Waals surface area contributed by atoms with E-state index in [-0.39, 0.29) is 17.3 Å². The largest absolute Gasteiger partial charge is 0.487 e.